The molecule has 0 aliphatic carbocycles. The molecule has 8 heteroatoms. The number of nitrogens with one attached hydrogen (secondary N) is 1. The van der Waals surface area contributed by atoms with Crippen molar-refractivity contribution in [3.05, 3.63) is 48.2 Å². The lowest BCUT2D eigenvalue weighted by atomic mass is 9.93. The van der Waals surface area contributed by atoms with Crippen molar-refractivity contribution in [1.82, 2.24) is 20.1 Å². The minimum absolute atomic E-state index is 0.180. The third-order valence-corrected chi connectivity index (χ3v) is 5.19. The number of hydrogen-bond donors (Lipinski definition) is 2. The Morgan fingerprint density at radius 3 is 2.76 bits per heavy atom. The molecule has 1 aliphatic heterocycles. The standard InChI is InChI=1S/C21H22N4O4/c1-2-25-19-16(12-22-25)15(10-17(23-19)14-6-4-3-5-7-14)20(28)24-21(11-18(26)27)8-9-29-13-21/h3-7,10,12H,2,8-9,11,13H2,1H3,(H,24,28)(H,26,27). The van der Waals surface area contributed by atoms with Crippen LogP contribution in [0.4, 0.5) is 0 Å². The van der Waals surface area contributed by atoms with E-state index in [2.05, 4.69) is 10.4 Å². The van der Waals surface area contributed by atoms with Crippen molar-refractivity contribution in [2.75, 3.05) is 13.2 Å². The maximum absolute atomic E-state index is 13.3. The lowest BCUT2D eigenvalue weighted by Gasteiger charge is -2.27. The number of amides is 1. The average Bonchev–Trinajstić information content (AvgIpc) is 3.34. The normalized spacial score (nSPS) is 18.8. The largest absolute Gasteiger partial charge is 0.481 e. The molecule has 0 spiro atoms. The Morgan fingerprint density at radius 2 is 2.10 bits per heavy atom. The fourth-order valence-electron chi connectivity index (χ4n) is 3.71. The van der Waals surface area contributed by atoms with Gasteiger partial charge >= 0.3 is 5.97 Å². The number of aliphatic carboxylic acids is 1. The fourth-order valence-corrected chi connectivity index (χ4v) is 3.71. The number of pyridine rings is 1. The molecule has 150 valence electrons. The van der Waals surface area contributed by atoms with Crippen LogP contribution in [0.25, 0.3) is 22.3 Å². The van der Waals surface area contributed by atoms with E-state index in [1.54, 1.807) is 16.9 Å². The molecule has 3 aromatic rings. The van der Waals surface area contributed by atoms with Gasteiger partial charge in [-0.1, -0.05) is 30.3 Å². The highest BCUT2D eigenvalue weighted by atomic mass is 16.5. The lowest BCUT2D eigenvalue weighted by Crippen LogP contribution is -2.50. The predicted molar refractivity (Wildman–Crippen MR) is 107 cm³/mol. The van der Waals surface area contributed by atoms with E-state index in [9.17, 15) is 14.7 Å². The summed E-state index contributed by atoms with van der Waals surface area (Å²) in [6.45, 7) is 3.18. The number of carboxylic acids is 1. The SMILES string of the molecule is CCn1ncc2c(C(=O)NC3(CC(=O)O)CCOC3)cc(-c3ccccc3)nc21. The number of carboxylic acid groups (broad SMARTS) is 1. The molecule has 8 nitrogen and oxygen atoms in total. The minimum Gasteiger partial charge on any atom is -0.481 e. The van der Waals surface area contributed by atoms with Crippen molar-refractivity contribution < 1.29 is 19.4 Å². The number of benzene rings is 1. The van der Waals surface area contributed by atoms with Gasteiger partial charge in [0, 0.05) is 18.7 Å². The van der Waals surface area contributed by atoms with Crippen LogP contribution in [0.15, 0.2) is 42.6 Å². The maximum atomic E-state index is 13.3. The van der Waals surface area contributed by atoms with Crippen LogP contribution < -0.4 is 5.32 Å². The third kappa shape index (κ3) is 3.71. The van der Waals surface area contributed by atoms with E-state index in [1.807, 2.05) is 37.3 Å². The van der Waals surface area contributed by atoms with Gasteiger partial charge in [-0.2, -0.15) is 5.10 Å². The zero-order valence-corrected chi connectivity index (χ0v) is 16.1. The molecule has 1 fully saturated rings. The molecule has 0 saturated carbocycles. The maximum Gasteiger partial charge on any atom is 0.305 e. The summed E-state index contributed by atoms with van der Waals surface area (Å²) in [5, 5.41) is 17.2. The molecular weight excluding hydrogens is 372 g/mol. The summed E-state index contributed by atoms with van der Waals surface area (Å²) in [4.78, 5) is 29.3. The van der Waals surface area contributed by atoms with Gasteiger partial charge in [0.2, 0.25) is 0 Å². The highest BCUT2D eigenvalue weighted by Gasteiger charge is 2.39. The van der Waals surface area contributed by atoms with Crippen LogP contribution >= 0.6 is 0 Å². The minimum atomic E-state index is -0.973. The van der Waals surface area contributed by atoms with Gasteiger partial charge in [0.25, 0.3) is 5.91 Å². The van der Waals surface area contributed by atoms with Gasteiger partial charge in [0.05, 0.1) is 41.4 Å². The molecule has 1 aliphatic rings. The number of hydrogen-bond acceptors (Lipinski definition) is 5. The zero-order valence-electron chi connectivity index (χ0n) is 16.1. The molecule has 2 aromatic heterocycles. The van der Waals surface area contributed by atoms with Crippen molar-refractivity contribution in [2.24, 2.45) is 0 Å². The first-order valence-corrected chi connectivity index (χ1v) is 9.55. The molecule has 4 rings (SSSR count). The van der Waals surface area contributed by atoms with E-state index in [0.29, 0.717) is 41.9 Å². The van der Waals surface area contributed by atoms with Gasteiger partial charge in [-0.3, -0.25) is 9.59 Å². The van der Waals surface area contributed by atoms with Crippen molar-refractivity contribution in [1.29, 1.82) is 0 Å². The monoisotopic (exact) mass is 394 g/mol. The molecule has 0 radical (unpaired) electrons. The van der Waals surface area contributed by atoms with Gasteiger partial charge in [-0.15, -0.1) is 0 Å². The van der Waals surface area contributed by atoms with Gasteiger partial charge in [0.15, 0.2) is 5.65 Å². The highest BCUT2D eigenvalue weighted by Crippen LogP contribution is 2.27. The van der Waals surface area contributed by atoms with Crippen LogP contribution in [-0.2, 0) is 16.1 Å². The Morgan fingerprint density at radius 1 is 1.31 bits per heavy atom. The molecule has 2 N–H and O–H groups in total. The summed E-state index contributed by atoms with van der Waals surface area (Å²) < 4.78 is 7.13. The molecule has 29 heavy (non-hydrogen) atoms. The molecule has 1 aromatic carbocycles. The van der Waals surface area contributed by atoms with E-state index >= 15 is 0 Å². The Balaban J connectivity index is 1.78. The number of fused-ring (bicyclic) bond motifs is 1. The molecular formula is C21H22N4O4. The van der Waals surface area contributed by atoms with Crippen molar-refractivity contribution in [3.8, 4) is 11.3 Å². The number of carbonyl (C=O) groups excluding carboxylic acids is 1. The molecule has 1 saturated heterocycles. The van der Waals surface area contributed by atoms with E-state index in [0.717, 1.165) is 5.56 Å². The smallest absolute Gasteiger partial charge is 0.305 e. The van der Waals surface area contributed by atoms with Crippen LogP contribution in [0.3, 0.4) is 0 Å². The average molecular weight is 394 g/mol. The third-order valence-electron chi connectivity index (χ3n) is 5.19. The summed E-state index contributed by atoms with van der Waals surface area (Å²) in [6.07, 6.45) is 1.90. The fraction of sp³-hybridized carbons (Fsp3) is 0.333. The summed E-state index contributed by atoms with van der Waals surface area (Å²) in [5.41, 5.74) is 1.68. The molecule has 1 amide bonds. The summed E-state index contributed by atoms with van der Waals surface area (Å²) in [7, 11) is 0. The predicted octanol–water partition coefficient (Wildman–Crippen LogP) is 2.48. The number of carbonyl (C=O) groups is 2. The Bertz CT molecular complexity index is 1060. The van der Waals surface area contributed by atoms with Gasteiger partial charge in [-0.05, 0) is 19.4 Å². The number of rotatable bonds is 6. The number of ether oxygens (including phenoxy) is 1. The summed E-state index contributed by atoms with van der Waals surface area (Å²) >= 11 is 0. The zero-order chi connectivity index (χ0) is 20.4. The van der Waals surface area contributed by atoms with Crippen LogP contribution in [0.2, 0.25) is 0 Å². The first kappa shape index (κ1) is 19.1. The van der Waals surface area contributed by atoms with Crippen LogP contribution in [0, 0.1) is 0 Å². The van der Waals surface area contributed by atoms with Crippen LogP contribution in [-0.4, -0.2) is 50.5 Å². The van der Waals surface area contributed by atoms with E-state index < -0.39 is 11.5 Å². The van der Waals surface area contributed by atoms with Crippen LogP contribution in [0.1, 0.15) is 30.1 Å². The Kier molecular flexibility index (Phi) is 5.02. The molecule has 1 unspecified atom stereocenters. The van der Waals surface area contributed by atoms with Crippen LogP contribution in [0.5, 0.6) is 0 Å². The Labute approximate surface area is 167 Å². The molecule has 3 heterocycles. The quantitative estimate of drug-likeness (QED) is 0.665. The topological polar surface area (TPSA) is 106 Å². The first-order chi connectivity index (χ1) is 14.0. The van der Waals surface area contributed by atoms with E-state index in [-0.39, 0.29) is 18.9 Å². The first-order valence-electron chi connectivity index (χ1n) is 9.55. The second-order valence-corrected chi connectivity index (χ2v) is 7.23. The van der Waals surface area contributed by atoms with E-state index in [1.165, 1.54) is 0 Å². The van der Waals surface area contributed by atoms with Gasteiger partial charge < -0.3 is 15.2 Å². The van der Waals surface area contributed by atoms with Gasteiger partial charge in [-0.25, -0.2) is 9.67 Å². The summed E-state index contributed by atoms with van der Waals surface area (Å²) in [5.74, 6) is -1.32. The second kappa shape index (κ2) is 7.63. The number of aromatic nitrogens is 3. The number of aryl methyl sites for hydroxylation is 1. The van der Waals surface area contributed by atoms with Crippen molar-refractivity contribution in [3.63, 3.8) is 0 Å². The second-order valence-electron chi connectivity index (χ2n) is 7.23. The highest BCUT2D eigenvalue weighted by molar-refractivity contribution is 6.07. The summed E-state index contributed by atoms with van der Waals surface area (Å²) in [6, 6.07) is 11.3. The van der Waals surface area contributed by atoms with Crippen molar-refractivity contribution >= 4 is 22.9 Å². The molecule has 1 atom stereocenters. The van der Waals surface area contributed by atoms with E-state index in [4.69, 9.17) is 9.72 Å². The molecule has 0 bridgehead atoms. The Hall–Kier alpha value is -3.26. The van der Waals surface area contributed by atoms with Crippen molar-refractivity contribution in [2.45, 2.75) is 31.8 Å². The van der Waals surface area contributed by atoms with Gasteiger partial charge in [0.1, 0.15) is 0 Å². The lowest BCUT2D eigenvalue weighted by molar-refractivity contribution is -0.138. The number of nitrogens with zero attached hydrogens (tertiary/aromatic N) is 3.